The first kappa shape index (κ1) is 66.2. The molecule has 0 aromatic carbocycles. The largest absolute Gasteiger partial charge is 0.756 e. The summed E-state index contributed by atoms with van der Waals surface area (Å²) in [7, 11) is 1.33. The van der Waals surface area contributed by atoms with Crippen molar-refractivity contribution in [1.82, 2.24) is 0 Å². The summed E-state index contributed by atoms with van der Waals surface area (Å²) in [6.45, 7) is 5.15. The van der Waals surface area contributed by atoms with E-state index in [2.05, 4.69) is 123 Å². The Bertz CT molecular complexity index is 1470. The number of allylic oxidation sites excluding steroid dienone is 18. The second kappa shape index (κ2) is 51.5. The normalized spacial score (nSPS) is 14.3. The summed E-state index contributed by atoms with van der Waals surface area (Å²) in [5.41, 5.74) is 0. The van der Waals surface area contributed by atoms with Crippen LogP contribution in [-0.4, -0.2) is 70.7 Å². The van der Waals surface area contributed by atoms with Crippen molar-refractivity contribution in [2.45, 2.75) is 213 Å². The molecule has 2 atom stereocenters. The van der Waals surface area contributed by atoms with Crippen molar-refractivity contribution >= 4 is 13.8 Å². The monoisotopic (exact) mass is 982 g/mol. The lowest BCUT2D eigenvalue weighted by Gasteiger charge is -2.28. The molecule has 0 heterocycles. The lowest BCUT2D eigenvalue weighted by Crippen LogP contribution is -2.37. The average molecular weight is 982 g/mol. The summed E-state index contributed by atoms with van der Waals surface area (Å²) in [6, 6.07) is 0. The Morgan fingerprint density at radius 2 is 0.797 bits per heavy atom. The minimum Gasteiger partial charge on any atom is -0.756 e. The molecule has 0 bridgehead atoms. The van der Waals surface area contributed by atoms with Gasteiger partial charge in [-0.3, -0.25) is 9.36 Å². The van der Waals surface area contributed by atoms with Gasteiger partial charge in [-0.15, -0.1) is 0 Å². The van der Waals surface area contributed by atoms with Crippen LogP contribution in [0.3, 0.4) is 0 Å². The highest BCUT2D eigenvalue weighted by Crippen LogP contribution is 2.38. The first-order chi connectivity index (χ1) is 33.6. The fourth-order valence-corrected chi connectivity index (χ4v) is 7.88. The number of hydrogen-bond acceptors (Lipinski definition) is 7. The summed E-state index contributed by atoms with van der Waals surface area (Å²) in [5, 5.41) is 0. The smallest absolute Gasteiger partial charge is 0.306 e. The summed E-state index contributed by atoms with van der Waals surface area (Å²) in [6.07, 6.45) is 72.6. The number of quaternary nitrogens is 1. The number of esters is 1. The molecule has 0 spiro atoms. The van der Waals surface area contributed by atoms with Gasteiger partial charge in [0, 0.05) is 13.0 Å². The van der Waals surface area contributed by atoms with Crippen LogP contribution in [0.2, 0.25) is 0 Å². The number of unbranched alkanes of at least 4 members (excludes halogenated alkanes) is 18. The number of carbonyl (C=O) groups is 1. The molecule has 0 aromatic rings. The van der Waals surface area contributed by atoms with Gasteiger partial charge in [-0.05, 0) is 96.3 Å². The van der Waals surface area contributed by atoms with Crippen molar-refractivity contribution in [1.29, 1.82) is 0 Å². The van der Waals surface area contributed by atoms with E-state index in [0.29, 0.717) is 17.6 Å². The Hall–Kier alpha value is -2.84. The molecular formula is C60H104NO7P. The zero-order chi connectivity index (χ0) is 50.5. The molecule has 2 unspecified atom stereocenters. The molecule has 0 N–H and O–H groups in total. The molecule has 0 fully saturated rings. The van der Waals surface area contributed by atoms with Gasteiger partial charge < -0.3 is 27.9 Å². The van der Waals surface area contributed by atoms with E-state index >= 15 is 0 Å². The van der Waals surface area contributed by atoms with E-state index in [1.54, 1.807) is 0 Å². The highest BCUT2D eigenvalue weighted by atomic mass is 31.2. The zero-order valence-electron chi connectivity index (χ0n) is 45.0. The van der Waals surface area contributed by atoms with E-state index in [1.165, 1.54) is 77.0 Å². The van der Waals surface area contributed by atoms with E-state index in [4.69, 9.17) is 18.5 Å². The van der Waals surface area contributed by atoms with Crippen LogP contribution in [0, 0.1) is 0 Å². The molecule has 396 valence electrons. The van der Waals surface area contributed by atoms with Crippen LogP contribution >= 0.6 is 7.82 Å². The molecule has 69 heavy (non-hydrogen) atoms. The molecule has 0 saturated carbocycles. The molecular weight excluding hydrogens is 878 g/mol. The van der Waals surface area contributed by atoms with Crippen LogP contribution in [-0.2, 0) is 27.9 Å². The van der Waals surface area contributed by atoms with Crippen molar-refractivity contribution in [3.63, 3.8) is 0 Å². The van der Waals surface area contributed by atoms with E-state index < -0.39 is 13.9 Å². The van der Waals surface area contributed by atoms with Crippen LogP contribution in [0.15, 0.2) is 109 Å². The second-order valence-electron chi connectivity index (χ2n) is 19.2. The Kier molecular flexibility index (Phi) is 49.4. The number of phosphoric ester groups is 1. The van der Waals surface area contributed by atoms with Crippen molar-refractivity contribution in [2.75, 3.05) is 54.1 Å². The van der Waals surface area contributed by atoms with Gasteiger partial charge >= 0.3 is 5.97 Å². The van der Waals surface area contributed by atoms with E-state index in [9.17, 15) is 14.3 Å². The number of ether oxygens (including phenoxy) is 2. The van der Waals surface area contributed by atoms with Gasteiger partial charge in [0.25, 0.3) is 7.82 Å². The fraction of sp³-hybridized carbons (Fsp3) is 0.683. The number of carbonyl (C=O) groups excluding carboxylic acids is 1. The molecule has 0 aliphatic carbocycles. The predicted molar refractivity (Wildman–Crippen MR) is 295 cm³/mol. The number of nitrogens with zero attached hydrogens (tertiary/aromatic N) is 1. The topological polar surface area (TPSA) is 94.1 Å². The third-order valence-corrected chi connectivity index (χ3v) is 12.3. The van der Waals surface area contributed by atoms with Gasteiger partial charge in [-0.1, -0.05) is 213 Å². The van der Waals surface area contributed by atoms with Crippen LogP contribution in [0.25, 0.3) is 0 Å². The molecule has 0 amide bonds. The number of hydrogen-bond donors (Lipinski definition) is 0. The van der Waals surface area contributed by atoms with E-state index in [-0.39, 0.29) is 32.2 Å². The Morgan fingerprint density at radius 1 is 0.449 bits per heavy atom. The maximum atomic E-state index is 12.8. The van der Waals surface area contributed by atoms with Crippen LogP contribution < -0.4 is 4.89 Å². The zero-order valence-corrected chi connectivity index (χ0v) is 45.9. The second-order valence-corrected chi connectivity index (χ2v) is 20.6. The van der Waals surface area contributed by atoms with Gasteiger partial charge in [0.2, 0.25) is 0 Å². The van der Waals surface area contributed by atoms with Gasteiger partial charge in [-0.25, -0.2) is 0 Å². The first-order valence-electron chi connectivity index (χ1n) is 27.6. The predicted octanol–water partition coefficient (Wildman–Crippen LogP) is 16.9. The summed E-state index contributed by atoms with van der Waals surface area (Å²) < 4.78 is 34.8. The third-order valence-electron chi connectivity index (χ3n) is 11.3. The van der Waals surface area contributed by atoms with E-state index in [0.717, 1.165) is 109 Å². The van der Waals surface area contributed by atoms with Crippen molar-refractivity contribution in [3.05, 3.63) is 109 Å². The van der Waals surface area contributed by atoms with Crippen LogP contribution in [0.4, 0.5) is 0 Å². The van der Waals surface area contributed by atoms with Crippen LogP contribution in [0.1, 0.15) is 206 Å². The summed E-state index contributed by atoms with van der Waals surface area (Å²) in [4.78, 5) is 25.2. The first-order valence-corrected chi connectivity index (χ1v) is 29.1. The van der Waals surface area contributed by atoms with Crippen molar-refractivity contribution < 1.29 is 37.3 Å². The summed E-state index contributed by atoms with van der Waals surface area (Å²) in [5.74, 6) is -0.355. The van der Waals surface area contributed by atoms with Crippen LogP contribution in [0.5, 0.6) is 0 Å². The summed E-state index contributed by atoms with van der Waals surface area (Å²) >= 11 is 0. The maximum Gasteiger partial charge on any atom is 0.306 e. The SMILES string of the molecule is CC/C=C\C/C=C\C/C=C\C/C=C\C/C=C\CCCCCCCC(=O)OC(COCCCCCCCCCCCCCCC/C=C\C/C=C\C/C=C\C/C=C\CC)COP(=O)([O-])OCC[N+](C)(C)C. The lowest BCUT2D eigenvalue weighted by atomic mass is 10.0. The molecule has 0 aliphatic heterocycles. The Labute approximate surface area is 425 Å². The minimum absolute atomic E-state index is 0.0160. The van der Waals surface area contributed by atoms with Crippen molar-refractivity contribution in [3.8, 4) is 0 Å². The molecule has 0 rings (SSSR count). The lowest BCUT2D eigenvalue weighted by molar-refractivity contribution is -0.870. The van der Waals surface area contributed by atoms with Gasteiger partial charge in [0.05, 0.1) is 34.4 Å². The Balaban J connectivity index is 4.15. The molecule has 9 heteroatoms. The number of phosphoric acid groups is 1. The molecule has 0 aliphatic rings. The average Bonchev–Trinajstić information content (AvgIpc) is 3.31. The van der Waals surface area contributed by atoms with E-state index in [1.807, 2.05) is 21.1 Å². The van der Waals surface area contributed by atoms with Crippen molar-refractivity contribution in [2.24, 2.45) is 0 Å². The van der Waals surface area contributed by atoms with Gasteiger partial charge in [-0.2, -0.15) is 0 Å². The minimum atomic E-state index is -4.55. The standard InChI is InChI=1S/C60H104NO7P/c1-6-8-10-12-14-16-18-20-22-24-26-28-29-30-31-32-34-36-38-40-42-44-46-48-50-52-55-65-57-59(58-67-69(63,64)66-56-54-61(3,4)5)68-60(62)53-51-49-47-45-43-41-39-37-35-33-27-25-23-21-19-17-15-13-11-9-7-2/h8-11,14-17,20-23,26-28,33,37,39,59H,6-7,12-13,18-19,24-25,29-32,34-36,38,40-58H2,1-5H3/b10-8-,11-9-,16-14-,17-15-,22-20-,23-21-,28-26-,33-27-,39-37-. The van der Waals surface area contributed by atoms with Gasteiger partial charge in [0.1, 0.15) is 19.3 Å². The molecule has 8 nitrogen and oxygen atoms in total. The quantitative estimate of drug-likeness (QED) is 0.0197. The molecule has 0 radical (unpaired) electrons. The van der Waals surface area contributed by atoms with Gasteiger partial charge in [0.15, 0.2) is 0 Å². The maximum absolute atomic E-state index is 12.8. The fourth-order valence-electron chi connectivity index (χ4n) is 7.15. The Morgan fingerprint density at radius 3 is 1.19 bits per heavy atom. The number of likely N-dealkylation sites (N-methyl/N-ethyl adjacent to an activating group) is 1. The third kappa shape index (κ3) is 56.0. The number of rotatable bonds is 50. The highest BCUT2D eigenvalue weighted by Gasteiger charge is 2.20. The molecule has 0 aromatic heterocycles. The molecule has 0 saturated heterocycles. The highest BCUT2D eigenvalue weighted by molar-refractivity contribution is 7.45.